The third kappa shape index (κ3) is 7.75. The maximum absolute atomic E-state index is 13.9. The van der Waals surface area contributed by atoms with E-state index >= 15 is 0 Å². The average Bonchev–Trinajstić information content (AvgIpc) is 3.36. The van der Waals surface area contributed by atoms with Crippen molar-refractivity contribution in [2.45, 2.75) is 44.8 Å². The summed E-state index contributed by atoms with van der Waals surface area (Å²) in [4.78, 5) is 39.8. The van der Waals surface area contributed by atoms with Crippen LogP contribution in [0.15, 0.2) is 59.5 Å². The summed E-state index contributed by atoms with van der Waals surface area (Å²) in [6.45, 7) is 2.45. The number of carbonyl (C=O) groups is 2. The highest BCUT2D eigenvalue weighted by Crippen LogP contribution is 2.50. The largest absolute Gasteiger partial charge is 0.497 e. The Morgan fingerprint density at radius 1 is 0.980 bits per heavy atom. The van der Waals surface area contributed by atoms with Crippen LogP contribution in [-0.4, -0.2) is 69.4 Å². The van der Waals surface area contributed by atoms with Crippen molar-refractivity contribution in [3.8, 4) is 34.1 Å². The topological polar surface area (TPSA) is 129 Å². The van der Waals surface area contributed by atoms with Crippen LogP contribution in [0.1, 0.15) is 36.9 Å². The van der Waals surface area contributed by atoms with Gasteiger partial charge in [-0.1, -0.05) is 6.07 Å². The van der Waals surface area contributed by atoms with E-state index in [0.717, 1.165) is 39.1 Å². The molecule has 0 fully saturated rings. The van der Waals surface area contributed by atoms with E-state index in [2.05, 4.69) is 20.5 Å². The van der Waals surface area contributed by atoms with Gasteiger partial charge in [0.2, 0.25) is 23.0 Å². The van der Waals surface area contributed by atoms with E-state index in [1.54, 1.807) is 52.3 Å². The molecule has 49 heavy (non-hydrogen) atoms. The summed E-state index contributed by atoms with van der Waals surface area (Å²) in [5, 5.41) is 10.4. The fourth-order valence-corrected chi connectivity index (χ4v) is 6.91. The van der Waals surface area contributed by atoms with Crippen LogP contribution in [0.3, 0.4) is 0 Å². The molecule has 0 aliphatic heterocycles. The van der Waals surface area contributed by atoms with Gasteiger partial charge in [0.05, 0.1) is 40.2 Å². The number of rotatable bonds is 14. The second-order valence-corrected chi connectivity index (χ2v) is 12.8. The monoisotopic (exact) mass is 688 g/mol. The number of amides is 2. The van der Waals surface area contributed by atoms with Crippen molar-refractivity contribution in [2.24, 2.45) is 0 Å². The first-order chi connectivity index (χ1) is 23.7. The lowest BCUT2D eigenvalue weighted by molar-refractivity contribution is -0.122. The maximum atomic E-state index is 13.9. The number of ether oxygens (including phenoxy) is 4. The van der Waals surface area contributed by atoms with Gasteiger partial charge in [0.25, 0.3) is 0 Å². The van der Waals surface area contributed by atoms with Crippen molar-refractivity contribution in [3.63, 3.8) is 0 Å². The lowest BCUT2D eigenvalue weighted by atomic mass is 9.95. The molecule has 2 unspecified atom stereocenters. The Kier molecular flexibility index (Phi) is 11.6. The summed E-state index contributed by atoms with van der Waals surface area (Å²) in [6, 6.07) is 13.9. The van der Waals surface area contributed by atoms with Crippen LogP contribution in [-0.2, 0) is 22.6 Å². The van der Waals surface area contributed by atoms with Crippen LogP contribution in [0, 0.1) is 0 Å². The molecule has 1 aliphatic carbocycles. The molecule has 1 aliphatic rings. The molecule has 260 valence electrons. The van der Waals surface area contributed by atoms with Gasteiger partial charge >= 0.3 is 0 Å². The van der Waals surface area contributed by atoms with Crippen LogP contribution in [0.2, 0.25) is 0 Å². The first-order valence-electron chi connectivity index (χ1n) is 16.2. The second-order valence-electron chi connectivity index (χ2n) is 11.8. The number of thioether (sulfide) groups is 1. The molecule has 3 N–H and O–H groups in total. The molecule has 3 aromatic carbocycles. The third-order valence-corrected chi connectivity index (χ3v) is 9.45. The number of nitrogens with zero attached hydrogens (tertiary/aromatic N) is 1. The normalized spacial score (nSPS) is 14.1. The maximum Gasteiger partial charge on any atom is 0.242 e. The fraction of sp³-hybridized carbons (Fsp3) is 0.378. The summed E-state index contributed by atoms with van der Waals surface area (Å²) in [7, 11) is 6.32. The molecular weight excluding hydrogens is 644 g/mol. The Hall–Kier alpha value is -4.84. The fourth-order valence-electron chi connectivity index (χ4n) is 6.44. The minimum absolute atomic E-state index is 0.195. The van der Waals surface area contributed by atoms with Crippen LogP contribution >= 0.6 is 11.8 Å². The molecule has 5 rings (SSSR count). The highest BCUT2D eigenvalue weighted by atomic mass is 32.2. The van der Waals surface area contributed by atoms with Crippen molar-refractivity contribution in [3.05, 3.63) is 76.1 Å². The summed E-state index contributed by atoms with van der Waals surface area (Å²) in [5.74, 6) is 2.54. The standard InChI is InChI=1S/C37H44N4O7S/c1-22(42)39-28-10-7-24-20-33(46-3)35(47-4)36(48-5)34(24)26-9-11-29(32(43)21-27(26)28)40-30(14-18-49-6)37(44)38-15-17-41-16-13-23-19-25(45-2)8-12-31(23)41/h8-9,11-13,16,19-21,28,30H,7,10,14-15,17-18H2,1-6H3,(H,38,44)(H,39,42)(H,40,43). The third-order valence-electron chi connectivity index (χ3n) is 8.80. The molecule has 0 bridgehead atoms. The minimum atomic E-state index is -0.648. The quantitative estimate of drug-likeness (QED) is 0.164. The highest BCUT2D eigenvalue weighted by Gasteiger charge is 2.30. The van der Waals surface area contributed by atoms with Gasteiger partial charge in [0.1, 0.15) is 11.8 Å². The lowest BCUT2D eigenvalue weighted by Gasteiger charge is -2.19. The van der Waals surface area contributed by atoms with Gasteiger partial charge < -0.3 is 39.5 Å². The van der Waals surface area contributed by atoms with Gasteiger partial charge in [0, 0.05) is 42.7 Å². The Balaban J connectivity index is 1.46. The predicted octanol–water partition coefficient (Wildman–Crippen LogP) is 5.18. The van der Waals surface area contributed by atoms with Gasteiger partial charge in [-0.05, 0) is 90.4 Å². The highest BCUT2D eigenvalue weighted by molar-refractivity contribution is 7.98. The van der Waals surface area contributed by atoms with Crippen LogP contribution in [0.4, 0.5) is 5.69 Å². The Morgan fingerprint density at radius 3 is 2.47 bits per heavy atom. The predicted molar refractivity (Wildman–Crippen MR) is 195 cm³/mol. The number of anilines is 1. The van der Waals surface area contributed by atoms with Crippen LogP contribution in [0.5, 0.6) is 23.0 Å². The summed E-state index contributed by atoms with van der Waals surface area (Å²) in [5.41, 5.74) is 4.10. The average molecular weight is 689 g/mol. The second kappa shape index (κ2) is 16.0. The van der Waals surface area contributed by atoms with Gasteiger partial charge in [0.15, 0.2) is 11.5 Å². The molecule has 11 nitrogen and oxygen atoms in total. The molecule has 0 saturated heterocycles. The zero-order chi connectivity index (χ0) is 35.1. The molecule has 0 saturated carbocycles. The van der Waals surface area contributed by atoms with Gasteiger partial charge in [-0.15, -0.1) is 0 Å². The minimum Gasteiger partial charge on any atom is -0.497 e. The number of nitrogens with one attached hydrogen (secondary N) is 3. The zero-order valence-electron chi connectivity index (χ0n) is 28.8. The first-order valence-corrected chi connectivity index (χ1v) is 17.6. The number of aryl methyl sites for hydroxylation is 1. The molecule has 2 amide bonds. The molecule has 1 aromatic heterocycles. The summed E-state index contributed by atoms with van der Waals surface area (Å²) >= 11 is 1.63. The van der Waals surface area contributed by atoms with E-state index in [1.807, 2.05) is 48.9 Å². The van der Waals surface area contributed by atoms with E-state index in [9.17, 15) is 14.4 Å². The molecule has 0 spiro atoms. The van der Waals surface area contributed by atoms with E-state index in [1.165, 1.54) is 6.92 Å². The lowest BCUT2D eigenvalue weighted by Crippen LogP contribution is -2.42. The van der Waals surface area contributed by atoms with Crippen molar-refractivity contribution < 1.29 is 28.5 Å². The van der Waals surface area contributed by atoms with Crippen LogP contribution < -0.4 is 40.3 Å². The van der Waals surface area contributed by atoms with Crippen molar-refractivity contribution >= 4 is 40.2 Å². The Morgan fingerprint density at radius 2 is 1.78 bits per heavy atom. The number of aromatic nitrogens is 1. The summed E-state index contributed by atoms with van der Waals surface area (Å²) < 4.78 is 24.6. The van der Waals surface area contributed by atoms with Crippen molar-refractivity contribution in [1.29, 1.82) is 0 Å². The van der Waals surface area contributed by atoms with Gasteiger partial charge in [-0.3, -0.25) is 14.4 Å². The zero-order valence-corrected chi connectivity index (χ0v) is 29.6. The summed E-state index contributed by atoms with van der Waals surface area (Å²) in [6.07, 6.45) is 5.63. The smallest absolute Gasteiger partial charge is 0.242 e. The molecule has 2 atom stereocenters. The van der Waals surface area contributed by atoms with Gasteiger partial charge in [-0.2, -0.15) is 11.8 Å². The number of methoxy groups -OCH3 is 4. The van der Waals surface area contributed by atoms with E-state index < -0.39 is 12.1 Å². The Bertz CT molecular complexity index is 1890. The van der Waals surface area contributed by atoms with Crippen molar-refractivity contribution in [2.75, 3.05) is 52.3 Å². The molecular formula is C37H44N4O7S. The number of carbonyl (C=O) groups excluding carboxylic acids is 2. The number of fused-ring (bicyclic) bond motifs is 4. The number of benzene rings is 2. The molecule has 1 heterocycles. The van der Waals surface area contributed by atoms with E-state index in [4.69, 9.17) is 18.9 Å². The first kappa shape index (κ1) is 35.5. The molecule has 4 aromatic rings. The van der Waals surface area contributed by atoms with Crippen LogP contribution in [0.25, 0.3) is 22.0 Å². The van der Waals surface area contributed by atoms with E-state index in [-0.39, 0.29) is 22.9 Å². The van der Waals surface area contributed by atoms with Crippen molar-refractivity contribution in [1.82, 2.24) is 15.2 Å². The number of hydrogen-bond acceptors (Lipinski definition) is 9. The molecule has 12 heteroatoms. The van der Waals surface area contributed by atoms with E-state index in [0.29, 0.717) is 55.2 Å². The van der Waals surface area contributed by atoms with Gasteiger partial charge in [-0.25, -0.2) is 0 Å². The Labute approximate surface area is 290 Å². The SMILES string of the molecule is COc1ccc2c(ccn2CCNC(=O)C(CCSC)Nc2ccc3c(cc2=O)C(NC(C)=O)CCc2cc(OC)c(OC)c(OC)c2-3)c1. The number of hydrogen-bond donors (Lipinski definition) is 3. The molecule has 0 radical (unpaired) electrons.